The van der Waals surface area contributed by atoms with E-state index >= 15 is 0 Å². The molecule has 8 heteroatoms. The topological polar surface area (TPSA) is 66.6 Å². The Hall–Kier alpha value is -3.13. The third kappa shape index (κ3) is 5.01. The molecule has 1 aromatic heterocycles. The number of halogens is 2. The maximum Gasteiger partial charge on any atom is 0.242 e. The molecule has 4 rings (SSSR count). The minimum absolute atomic E-state index is 0.0199. The summed E-state index contributed by atoms with van der Waals surface area (Å²) >= 11 is 0. The number of aromatic nitrogens is 1. The third-order valence-corrected chi connectivity index (χ3v) is 6.67. The van der Waals surface area contributed by atoms with Gasteiger partial charge in [0.15, 0.2) is 11.5 Å². The van der Waals surface area contributed by atoms with Crippen LogP contribution in [0.25, 0.3) is 22.2 Å². The summed E-state index contributed by atoms with van der Waals surface area (Å²) in [4.78, 5) is 17.2. The average molecular weight is 472 g/mol. The number of amides is 1. The van der Waals surface area contributed by atoms with Gasteiger partial charge in [-0.05, 0) is 73.3 Å². The second-order valence-corrected chi connectivity index (χ2v) is 8.67. The summed E-state index contributed by atoms with van der Waals surface area (Å²) in [7, 11) is 4.76. The highest BCUT2D eigenvalue weighted by Gasteiger charge is 2.24. The number of alkyl halides is 2. The first-order valence-corrected chi connectivity index (χ1v) is 11.5. The van der Waals surface area contributed by atoms with Crippen LogP contribution in [-0.4, -0.2) is 63.1 Å². The number of H-pyrrole nitrogens is 1. The van der Waals surface area contributed by atoms with Crippen molar-refractivity contribution in [3.8, 4) is 22.8 Å². The average Bonchev–Trinajstić information content (AvgIpc) is 3.20. The van der Waals surface area contributed by atoms with Crippen molar-refractivity contribution in [2.75, 3.05) is 40.9 Å². The van der Waals surface area contributed by atoms with Gasteiger partial charge in [-0.1, -0.05) is 6.07 Å². The minimum atomic E-state index is -2.46. The van der Waals surface area contributed by atoms with E-state index in [1.54, 1.807) is 27.3 Å². The first kappa shape index (κ1) is 24.0. The molecule has 1 aliphatic heterocycles. The second kappa shape index (κ2) is 10.4. The van der Waals surface area contributed by atoms with Crippen molar-refractivity contribution in [3.63, 3.8) is 0 Å². The summed E-state index contributed by atoms with van der Waals surface area (Å²) in [5, 5.41) is 3.50. The number of nitrogens with one attached hydrogen (secondary N) is 2. The lowest BCUT2D eigenvalue weighted by Gasteiger charge is -2.31. The van der Waals surface area contributed by atoms with Gasteiger partial charge in [-0.15, -0.1) is 0 Å². The van der Waals surface area contributed by atoms with Crippen molar-refractivity contribution < 1.29 is 23.0 Å². The van der Waals surface area contributed by atoms with Crippen molar-refractivity contribution in [1.29, 1.82) is 0 Å². The molecule has 0 radical (unpaired) electrons. The van der Waals surface area contributed by atoms with E-state index in [1.807, 2.05) is 18.2 Å². The number of likely N-dealkylation sites (tertiary alicyclic amines) is 1. The maximum atomic E-state index is 13.6. The van der Waals surface area contributed by atoms with E-state index in [0.717, 1.165) is 48.0 Å². The van der Waals surface area contributed by atoms with Crippen molar-refractivity contribution >= 4 is 16.8 Å². The van der Waals surface area contributed by atoms with E-state index in [-0.39, 0.29) is 12.3 Å². The number of ether oxygens (including phenoxy) is 2. The van der Waals surface area contributed by atoms with E-state index in [2.05, 4.69) is 27.3 Å². The SMILES string of the molecule is CNC(=O)CN1CCC(c2ccc3[nH]c(-c4ccc(OC)c(OC)c4)c(CC(F)F)c3c2)CC1. The fourth-order valence-electron chi connectivity index (χ4n) is 4.83. The van der Waals surface area contributed by atoms with Crippen molar-refractivity contribution in [2.24, 2.45) is 0 Å². The number of benzene rings is 2. The van der Waals surface area contributed by atoms with Gasteiger partial charge < -0.3 is 19.8 Å². The van der Waals surface area contributed by atoms with Gasteiger partial charge in [0.1, 0.15) is 0 Å². The van der Waals surface area contributed by atoms with Gasteiger partial charge in [-0.2, -0.15) is 0 Å². The van der Waals surface area contributed by atoms with Gasteiger partial charge in [0, 0.05) is 29.9 Å². The molecule has 2 aromatic carbocycles. The van der Waals surface area contributed by atoms with E-state index in [9.17, 15) is 13.6 Å². The highest BCUT2D eigenvalue weighted by Crippen LogP contribution is 2.38. The molecule has 1 aliphatic rings. The molecule has 34 heavy (non-hydrogen) atoms. The molecule has 0 atom stereocenters. The van der Waals surface area contributed by atoms with Gasteiger partial charge in [-0.3, -0.25) is 9.69 Å². The molecule has 3 aromatic rings. The summed E-state index contributed by atoms with van der Waals surface area (Å²) < 4.78 is 38.0. The first-order valence-electron chi connectivity index (χ1n) is 11.5. The van der Waals surface area contributed by atoms with E-state index in [1.165, 1.54) is 0 Å². The lowest BCUT2D eigenvalue weighted by atomic mass is 9.88. The quantitative estimate of drug-likeness (QED) is 0.505. The Morgan fingerprint density at radius 2 is 1.85 bits per heavy atom. The van der Waals surface area contributed by atoms with Gasteiger partial charge in [0.25, 0.3) is 0 Å². The lowest BCUT2D eigenvalue weighted by molar-refractivity contribution is -0.122. The Morgan fingerprint density at radius 1 is 1.12 bits per heavy atom. The molecule has 0 spiro atoms. The zero-order valence-corrected chi connectivity index (χ0v) is 19.8. The van der Waals surface area contributed by atoms with E-state index in [4.69, 9.17) is 9.47 Å². The Bertz CT molecular complexity index is 1150. The summed E-state index contributed by atoms with van der Waals surface area (Å²) in [6, 6.07) is 11.6. The number of fused-ring (bicyclic) bond motifs is 1. The van der Waals surface area contributed by atoms with Crippen LogP contribution in [0, 0.1) is 0 Å². The van der Waals surface area contributed by atoms with Crippen molar-refractivity contribution in [2.45, 2.75) is 31.6 Å². The second-order valence-electron chi connectivity index (χ2n) is 8.67. The molecule has 1 fully saturated rings. The molecule has 2 N–H and O–H groups in total. The van der Waals surface area contributed by atoms with Gasteiger partial charge in [0.05, 0.1) is 26.5 Å². The highest BCUT2D eigenvalue weighted by molar-refractivity contribution is 5.91. The van der Waals surface area contributed by atoms with Crippen LogP contribution in [0.4, 0.5) is 8.78 Å². The van der Waals surface area contributed by atoms with Crippen LogP contribution in [0.2, 0.25) is 0 Å². The monoisotopic (exact) mass is 471 g/mol. The Labute approximate surface area is 198 Å². The predicted octanol–water partition coefficient (Wildman–Crippen LogP) is 4.59. The smallest absolute Gasteiger partial charge is 0.242 e. The van der Waals surface area contributed by atoms with Gasteiger partial charge in [-0.25, -0.2) is 8.78 Å². The maximum absolute atomic E-state index is 13.6. The van der Waals surface area contributed by atoms with Crippen molar-refractivity contribution in [1.82, 2.24) is 15.2 Å². The molecule has 0 bridgehead atoms. The van der Waals surface area contributed by atoms with Crippen LogP contribution in [0.3, 0.4) is 0 Å². The molecular formula is C26H31F2N3O3. The summed E-state index contributed by atoms with van der Waals surface area (Å²) in [6.07, 6.45) is -0.939. The number of hydrogen-bond donors (Lipinski definition) is 2. The van der Waals surface area contributed by atoms with Crippen LogP contribution >= 0.6 is 0 Å². The number of piperidine rings is 1. The summed E-state index contributed by atoms with van der Waals surface area (Å²) in [6.45, 7) is 2.08. The number of nitrogens with zero attached hydrogens (tertiary/aromatic N) is 1. The number of likely N-dealkylation sites (N-methyl/N-ethyl adjacent to an activating group) is 1. The van der Waals surface area contributed by atoms with Crippen LogP contribution in [-0.2, 0) is 11.2 Å². The van der Waals surface area contributed by atoms with Crippen LogP contribution in [0.1, 0.15) is 29.9 Å². The number of carbonyl (C=O) groups is 1. The van der Waals surface area contributed by atoms with Gasteiger partial charge in [0.2, 0.25) is 12.3 Å². The summed E-state index contributed by atoms with van der Waals surface area (Å²) in [5.74, 6) is 1.49. The molecule has 1 amide bonds. The standard InChI is InChI=1S/C26H31F2N3O3/c1-29-25(32)15-31-10-8-16(9-11-31)17-4-6-21-19(12-17)20(14-24(27)28)26(30-21)18-5-7-22(33-2)23(13-18)34-3/h4-7,12-13,16,24,30H,8-11,14-15H2,1-3H3,(H,29,32). The molecule has 0 saturated carbocycles. The lowest BCUT2D eigenvalue weighted by Crippen LogP contribution is -2.40. The molecular weight excluding hydrogens is 440 g/mol. The van der Waals surface area contributed by atoms with E-state index < -0.39 is 6.43 Å². The first-order chi connectivity index (χ1) is 16.4. The fraction of sp³-hybridized carbons (Fsp3) is 0.423. The van der Waals surface area contributed by atoms with Crippen LogP contribution < -0.4 is 14.8 Å². The molecule has 1 saturated heterocycles. The van der Waals surface area contributed by atoms with Crippen LogP contribution in [0.15, 0.2) is 36.4 Å². The molecule has 2 heterocycles. The van der Waals surface area contributed by atoms with Gasteiger partial charge >= 0.3 is 0 Å². The highest BCUT2D eigenvalue weighted by atomic mass is 19.3. The number of hydrogen-bond acceptors (Lipinski definition) is 4. The Kier molecular flexibility index (Phi) is 7.36. The number of aromatic amines is 1. The number of carbonyl (C=O) groups excluding carboxylic acids is 1. The Balaban J connectivity index is 1.66. The predicted molar refractivity (Wildman–Crippen MR) is 129 cm³/mol. The normalized spacial score (nSPS) is 15.1. The zero-order valence-electron chi connectivity index (χ0n) is 19.8. The largest absolute Gasteiger partial charge is 0.493 e. The zero-order chi connectivity index (χ0) is 24.2. The molecule has 0 aliphatic carbocycles. The number of rotatable bonds is 8. The molecule has 0 unspecified atom stereocenters. The summed E-state index contributed by atoms with van der Waals surface area (Å²) in [5.41, 5.74) is 4.04. The van der Waals surface area contributed by atoms with Crippen molar-refractivity contribution in [3.05, 3.63) is 47.5 Å². The third-order valence-electron chi connectivity index (χ3n) is 6.67. The minimum Gasteiger partial charge on any atom is -0.493 e. The van der Waals surface area contributed by atoms with E-state index in [0.29, 0.717) is 35.2 Å². The molecule has 6 nitrogen and oxygen atoms in total. The molecule has 182 valence electrons. The Morgan fingerprint density at radius 3 is 2.50 bits per heavy atom. The van der Waals surface area contributed by atoms with Crippen LogP contribution in [0.5, 0.6) is 11.5 Å². The number of methoxy groups -OCH3 is 2. The fourth-order valence-corrected chi connectivity index (χ4v) is 4.83.